The standard InChI is InChI=1S/C9H12N4O/c1-13-8(4-7-12-13)3-6-11-9(14)2-5-10/h4,7H,2-3,6H2,1H3,(H,11,14). The van der Waals surface area contributed by atoms with Gasteiger partial charge in [-0.1, -0.05) is 0 Å². The van der Waals surface area contributed by atoms with E-state index in [1.54, 1.807) is 16.9 Å². The Balaban J connectivity index is 2.26. The Hall–Kier alpha value is -1.83. The fourth-order valence-electron chi connectivity index (χ4n) is 1.11. The number of amides is 1. The number of rotatable bonds is 4. The van der Waals surface area contributed by atoms with Gasteiger partial charge in [0.25, 0.3) is 0 Å². The Morgan fingerprint density at radius 3 is 3.14 bits per heavy atom. The molecule has 1 aromatic heterocycles. The fraction of sp³-hybridized carbons (Fsp3) is 0.444. The van der Waals surface area contributed by atoms with Crippen molar-refractivity contribution in [3.63, 3.8) is 0 Å². The molecule has 0 fully saturated rings. The SMILES string of the molecule is Cn1nccc1CCNC(=O)CC#N. The first kappa shape index (κ1) is 10.3. The van der Waals surface area contributed by atoms with Gasteiger partial charge in [0.2, 0.25) is 5.91 Å². The van der Waals surface area contributed by atoms with Crippen molar-refractivity contribution in [1.82, 2.24) is 15.1 Å². The number of hydrogen-bond acceptors (Lipinski definition) is 3. The summed E-state index contributed by atoms with van der Waals surface area (Å²) in [6.45, 7) is 0.542. The highest BCUT2D eigenvalue weighted by Gasteiger charge is 2.01. The van der Waals surface area contributed by atoms with E-state index in [0.717, 1.165) is 12.1 Å². The smallest absolute Gasteiger partial charge is 0.234 e. The molecule has 1 amide bonds. The lowest BCUT2D eigenvalue weighted by Gasteiger charge is -2.02. The summed E-state index contributed by atoms with van der Waals surface area (Å²) in [5.74, 6) is -0.227. The maximum absolute atomic E-state index is 10.9. The Morgan fingerprint density at radius 2 is 2.57 bits per heavy atom. The molecule has 0 spiro atoms. The van der Waals surface area contributed by atoms with Gasteiger partial charge in [0.15, 0.2) is 0 Å². The Labute approximate surface area is 82.3 Å². The van der Waals surface area contributed by atoms with Crippen molar-refractivity contribution in [2.24, 2.45) is 7.05 Å². The van der Waals surface area contributed by atoms with Crippen LogP contribution in [0.2, 0.25) is 0 Å². The molecule has 0 bridgehead atoms. The minimum atomic E-state index is -0.227. The van der Waals surface area contributed by atoms with Gasteiger partial charge in [0, 0.05) is 31.9 Å². The van der Waals surface area contributed by atoms with Crippen molar-refractivity contribution in [2.45, 2.75) is 12.8 Å². The third kappa shape index (κ3) is 2.90. The predicted molar refractivity (Wildman–Crippen MR) is 50.2 cm³/mol. The summed E-state index contributed by atoms with van der Waals surface area (Å²) in [6.07, 6.45) is 2.37. The van der Waals surface area contributed by atoms with E-state index in [4.69, 9.17) is 5.26 Å². The molecule has 0 aromatic carbocycles. The number of nitrogens with one attached hydrogen (secondary N) is 1. The van der Waals surface area contributed by atoms with Gasteiger partial charge in [-0.15, -0.1) is 0 Å². The maximum atomic E-state index is 10.9. The topological polar surface area (TPSA) is 70.7 Å². The molecule has 1 aromatic rings. The number of aryl methyl sites for hydroxylation is 1. The zero-order valence-corrected chi connectivity index (χ0v) is 8.03. The summed E-state index contributed by atoms with van der Waals surface area (Å²) in [5.41, 5.74) is 1.06. The monoisotopic (exact) mass is 192 g/mol. The normalized spacial score (nSPS) is 9.43. The van der Waals surface area contributed by atoms with Crippen LogP contribution in [0.4, 0.5) is 0 Å². The molecule has 1 rings (SSSR count). The summed E-state index contributed by atoms with van der Waals surface area (Å²) in [5, 5.41) is 14.9. The molecule has 5 nitrogen and oxygen atoms in total. The minimum Gasteiger partial charge on any atom is -0.355 e. The van der Waals surface area contributed by atoms with Crippen molar-refractivity contribution in [3.8, 4) is 6.07 Å². The molecule has 0 saturated carbocycles. The summed E-state index contributed by atoms with van der Waals surface area (Å²) < 4.78 is 1.76. The quantitative estimate of drug-likeness (QED) is 0.729. The van der Waals surface area contributed by atoms with Gasteiger partial charge in [-0.05, 0) is 6.07 Å². The van der Waals surface area contributed by atoms with E-state index in [0.29, 0.717) is 6.54 Å². The van der Waals surface area contributed by atoms with E-state index < -0.39 is 0 Å². The van der Waals surface area contributed by atoms with E-state index >= 15 is 0 Å². The summed E-state index contributed by atoms with van der Waals surface area (Å²) >= 11 is 0. The van der Waals surface area contributed by atoms with Crippen molar-refractivity contribution >= 4 is 5.91 Å². The fourth-order valence-corrected chi connectivity index (χ4v) is 1.11. The van der Waals surface area contributed by atoms with Gasteiger partial charge in [-0.3, -0.25) is 9.48 Å². The number of hydrogen-bond donors (Lipinski definition) is 1. The number of nitriles is 1. The van der Waals surface area contributed by atoms with Gasteiger partial charge < -0.3 is 5.32 Å². The predicted octanol–water partition coefficient (Wildman–Crippen LogP) is -0.00752. The lowest BCUT2D eigenvalue weighted by atomic mass is 10.3. The number of nitrogens with zero attached hydrogens (tertiary/aromatic N) is 3. The third-order valence-electron chi connectivity index (χ3n) is 1.87. The van der Waals surface area contributed by atoms with Crippen LogP contribution in [0.15, 0.2) is 12.3 Å². The molecular weight excluding hydrogens is 180 g/mol. The van der Waals surface area contributed by atoms with E-state index in [9.17, 15) is 4.79 Å². The van der Waals surface area contributed by atoms with Gasteiger partial charge in [0.1, 0.15) is 6.42 Å². The molecule has 5 heteroatoms. The molecule has 0 saturated heterocycles. The highest BCUT2D eigenvalue weighted by atomic mass is 16.1. The van der Waals surface area contributed by atoms with E-state index in [1.807, 2.05) is 13.1 Å². The number of aromatic nitrogens is 2. The lowest BCUT2D eigenvalue weighted by Crippen LogP contribution is -2.25. The van der Waals surface area contributed by atoms with E-state index in [-0.39, 0.29) is 12.3 Å². The average molecular weight is 192 g/mol. The zero-order chi connectivity index (χ0) is 10.4. The maximum Gasteiger partial charge on any atom is 0.234 e. The van der Waals surface area contributed by atoms with Crippen molar-refractivity contribution in [3.05, 3.63) is 18.0 Å². The van der Waals surface area contributed by atoms with Crippen molar-refractivity contribution in [2.75, 3.05) is 6.54 Å². The lowest BCUT2D eigenvalue weighted by molar-refractivity contribution is -0.120. The van der Waals surface area contributed by atoms with Crippen LogP contribution >= 0.6 is 0 Å². The molecule has 1 heterocycles. The molecule has 0 aliphatic rings. The molecular formula is C9H12N4O. The zero-order valence-electron chi connectivity index (χ0n) is 8.03. The largest absolute Gasteiger partial charge is 0.355 e. The highest BCUT2D eigenvalue weighted by Crippen LogP contribution is 1.95. The second-order valence-electron chi connectivity index (χ2n) is 2.88. The Bertz CT molecular complexity index is 350. The summed E-state index contributed by atoms with van der Waals surface area (Å²) in [7, 11) is 1.85. The first-order valence-corrected chi connectivity index (χ1v) is 4.34. The Kier molecular flexibility index (Phi) is 3.68. The molecule has 14 heavy (non-hydrogen) atoms. The van der Waals surface area contributed by atoms with Crippen LogP contribution in [0, 0.1) is 11.3 Å². The number of carbonyl (C=O) groups excluding carboxylic acids is 1. The van der Waals surface area contributed by atoms with E-state index in [1.165, 1.54) is 0 Å². The minimum absolute atomic E-state index is 0.0780. The van der Waals surface area contributed by atoms with Crippen LogP contribution in [0.5, 0.6) is 0 Å². The first-order chi connectivity index (χ1) is 6.74. The van der Waals surface area contributed by atoms with Crippen LogP contribution in [0.3, 0.4) is 0 Å². The van der Waals surface area contributed by atoms with Crippen LogP contribution in [0.1, 0.15) is 12.1 Å². The molecule has 0 unspecified atom stereocenters. The van der Waals surface area contributed by atoms with Crippen LogP contribution in [-0.4, -0.2) is 22.2 Å². The third-order valence-corrected chi connectivity index (χ3v) is 1.87. The van der Waals surface area contributed by atoms with Gasteiger partial charge in [-0.25, -0.2) is 0 Å². The molecule has 0 radical (unpaired) electrons. The van der Waals surface area contributed by atoms with E-state index in [2.05, 4.69) is 10.4 Å². The Morgan fingerprint density at radius 1 is 1.79 bits per heavy atom. The summed E-state index contributed by atoms with van der Waals surface area (Å²) in [4.78, 5) is 10.9. The summed E-state index contributed by atoms with van der Waals surface area (Å²) in [6, 6.07) is 3.69. The van der Waals surface area contributed by atoms with Gasteiger partial charge in [0.05, 0.1) is 6.07 Å². The van der Waals surface area contributed by atoms with Crippen molar-refractivity contribution in [1.29, 1.82) is 5.26 Å². The average Bonchev–Trinajstić information content (AvgIpc) is 2.52. The van der Waals surface area contributed by atoms with Crippen LogP contribution < -0.4 is 5.32 Å². The van der Waals surface area contributed by atoms with Crippen LogP contribution in [-0.2, 0) is 18.3 Å². The first-order valence-electron chi connectivity index (χ1n) is 4.34. The van der Waals surface area contributed by atoms with Crippen LogP contribution in [0.25, 0.3) is 0 Å². The van der Waals surface area contributed by atoms with Gasteiger partial charge >= 0.3 is 0 Å². The number of carbonyl (C=O) groups is 1. The second kappa shape index (κ2) is 5.02. The molecule has 1 N–H and O–H groups in total. The van der Waals surface area contributed by atoms with Gasteiger partial charge in [-0.2, -0.15) is 10.4 Å². The molecule has 0 aliphatic heterocycles. The highest BCUT2D eigenvalue weighted by molar-refractivity contribution is 5.77. The molecule has 0 atom stereocenters. The van der Waals surface area contributed by atoms with Crippen molar-refractivity contribution < 1.29 is 4.79 Å². The molecule has 0 aliphatic carbocycles. The second-order valence-corrected chi connectivity index (χ2v) is 2.88. The molecule has 74 valence electrons.